The number of rotatable bonds is 0. The summed E-state index contributed by atoms with van der Waals surface area (Å²) >= 11 is 0. The Labute approximate surface area is 122 Å². The first kappa shape index (κ1) is 15.4. The predicted molar refractivity (Wildman–Crippen MR) is 63.6 cm³/mol. The molecule has 0 saturated heterocycles. The van der Waals surface area contributed by atoms with Crippen molar-refractivity contribution in [1.82, 2.24) is 4.98 Å². The number of pyridine rings is 1. The van der Waals surface area contributed by atoms with Crippen LogP contribution in [0.15, 0.2) is 0 Å². The Morgan fingerprint density at radius 1 is 0.478 bits per heavy atom. The lowest BCUT2D eigenvalue weighted by Gasteiger charge is -2.12. The van der Waals surface area contributed by atoms with Crippen molar-refractivity contribution in [3.63, 3.8) is 0 Å². The average Bonchev–Trinajstić information content (AvgIpc) is 2.53. The molecule has 120 valence electrons. The Kier molecular flexibility index (Phi) is 3.20. The summed E-state index contributed by atoms with van der Waals surface area (Å²) < 4.78 is 108. The fourth-order valence-electron chi connectivity index (χ4n) is 2.37. The van der Waals surface area contributed by atoms with Crippen LogP contribution in [0.3, 0.4) is 0 Å². The van der Waals surface area contributed by atoms with Crippen molar-refractivity contribution >= 4 is 21.8 Å². The molecule has 0 saturated carbocycles. The second-order valence-electron chi connectivity index (χ2n) is 4.70. The van der Waals surface area contributed by atoms with Crippen molar-refractivity contribution in [2.75, 3.05) is 0 Å². The molecule has 0 radical (unpaired) electrons. The molecule has 1 nitrogen and oxygen atoms in total. The molecule has 1 aromatic heterocycles. The van der Waals surface area contributed by atoms with Crippen LogP contribution in [-0.4, -0.2) is 4.98 Å². The zero-order chi connectivity index (χ0) is 17.2. The largest absolute Gasteiger partial charge is 0.241 e. The summed E-state index contributed by atoms with van der Waals surface area (Å²) in [6.45, 7) is 0.881. The van der Waals surface area contributed by atoms with E-state index >= 15 is 0 Å². The number of fused-ring (bicyclic) bond motifs is 2. The Balaban J connectivity index is 2.73. The molecule has 3 aromatic rings. The van der Waals surface area contributed by atoms with Crippen molar-refractivity contribution in [1.29, 1.82) is 0 Å². The summed E-state index contributed by atoms with van der Waals surface area (Å²) in [6.07, 6.45) is 0. The zero-order valence-corrected chi connectivity index (χ0v) is 11.0. The maximum absolute atomic E-state index is 13.8. The number of halogens is 8. The predicted octanol–water partition coefficient (Wildman–Crippen LogP) is 4.81. The first-order valence-corrected chi connectivity index (χ1v) is 5.96. The van der Waals surface area contributed by atoms with Crippen molar-refractivity contribution in [3.05, 3.63) is 52.1 Å². The maximum atomic E-state index is 13.8. The van der Waals surface area contributed by atoms with Gasteiger partial charge in [-0.25, -0.2) is 40.1 Å². The minimum atomic E-state index is -2.22. The van der Waals surface area contributed by atoms with Gasteiger partial charge in [-0.15, -0.1) is 0 Å². The number of aromatic nitrogens is 1. The van der Waals surface area contributed by atoms with Gasteiger partial charge in [-0.05, 0) is 12.5 Å². The number of hydrogen-bond acceptors (Lipinski definition) is 1. The fraction of sp³-hybridized carbons (Fsp3) is 0.0714. The summed E-state index contributed by atoms with van der Waals surface area (Å²) in [5.41, 5.74) is -3.00. The molecule has 0 N–H and O–H groups in total. The van der Waals surface area contributed by atoms with E-state index in [1.54, 1.807) is 0 Å². The maximum Gasteiger partial charge on any atom is 0.199 e. The quantitative estimate of drug-likeness (QED) is 0.248. The van der Waals surface area contributed by atoms with E-state index < -0.39 is 73.9 Å². The molecule has 0 aliphatic carbocycles. The molecule has 0 bridgehead atoms. The molecular weight excluding hydrogens is 334 g/mol. The summed E-state index contributed by atoms with van der Waals surface area (Å²) in [5, 5.41) is -2.00. The number of nitrogens with zero attached hydrogens (tertiary/aromatic N) is 1. The zero-order valence-electron chi connectivity index (χ0n) is 11.0. The second kappa shape index (κ2) is 4.77. The fourth-order valence-corrected chi connectivity index (χ4v) is 2.37. The van der Waals surface area contributed by atoms with Gasteiger partial charge in [0, 0.05) is 10.8 Å². The van der Waals surface area contributed by atoms with Gasteiger partial charge in [-0.2, -0.15) is 0 Å². The molecule has 0 unspecified atom stereocenters. The van der Waals surface area contributed by atoms with Crippen molar-refractivity contribution < 1.29 is 35.1 Å². The van der Waals surface area contributed by atoms with Crippen LogP contribution in [0.1, 0.15) is 5.56 Å². The van der Waals surface area contributed by atoms with E-state index in [0.29, 0.717) is 0 Å². The molecule has 1 heterocycles. The Bertz CT molecular complexity index is 934. The molecule has 0 aliphatic heterocycles. The average molecular weight is 337 g/mol. The van der Waals surface area contributed by atoms with E-state index in [9.17, 15) is 35.1 Å². The molecule has 9 heteroatoms. The van der Waals surface area contributed by atoms with E-state index in [1.165, 1.54) is 0 Å². The molecule has 0 aliphatic rings. The summed E-state index contributed by atoms with van der Waals surface area (Å²) in [5.74, 6) is -16.6. The van der Waals surface area contributed by atoms with Crippen molar-refractivity contribution in [3.8, 4) is 0 Å². The molecular formula is C14H3F8N. The highest BCUT2D eigenvalue weighted by atomic mass is 19.2. The van der Waals surface area contributed by atoms with Crippen LogP contribution in [0.5, 0.6) is 0 Å². The Morgan fingerprint density at radius 3 is 1.13 bits per heavy atom. The van der Waals surface area contributed by atoms with Gasteiger partial charge in [-0.1, -0.05) is 0 Å². The molecule has 3 rings (SSSR count). The van der Waals surface area contributed by atoms with Gasteiger partial charge in [0.15, 0.2) is 46.5 Å². The summed E-state index contributed by atoms with van der Waals surface area (Å²) in [6, 6.07) is 0. The normalized spacial score (nSPS) is 11.7. The first-order chi connectivity index (χ1) is 10.7. The van der Waals surface area contributed by atoms with E-state index in [-0.39, 0.29) is 0 Å². The van der Waals surface area contributed by atoms with E-state index in [4.69, 9.17) is 0 Å². The van der Waals surface area contributed by atoms with Gasteiger partial charge < -0.3 is 0 Å². The number of hydrogen-bond donors (Lipinski definition) is 0. The lowest BCUT2D eigenvalue weighted by Crippen LogP contribution is -2.06. The molecule has 2 aromatic carbocycles. The van der Waals surface area contributed by atoms with Gasteiger partial charge in [-0.3, -0.25) is 0 Å². The Morgan fingerprint density at radius 2 is 0.783 bits per heavy atom. The van der Waals surface area contributed by atoms with Gasteiger partial charge >= 0.3 is 0 Å². The highest BCUT2D eigenvalue weighted by molar-refractivity contribution is 5.98. The lowest BCUT2D eigenvalue weighted by molar-refractivity contribution is 0.414. The summed E-state index contributed by atoms with van der Waals surface area (Å²) in [7, 11) is 0. The number of aryl methyl sites for hydroxylation is 1. The highest BCUT2D eigenvalue weighted by Crippen LogP contribution is 2.35. The molecule has 0 atom stereocenters. The molecule has 0 amide bonds. The van der Waals surface area contributed by atoms with E-state index in [2.05, 4.69) is 4.98 Å². The molecule has 23 heavy (non-hydrogen) atoms. The van der Waals surface area contributed by atoms with Gasteiger partial charge in [0.1, 0.15) is 11.0 Å². The molecule has 0 fully saturated rings. The SMILES string of the molecule is Cc1c2c(F)c(F)c(F)c(F)c2nc2c(F)c(F)c(F)c(F)c12. The third kappa shape index (κ3) is 1.82. The third-order valence-corrected chi connectivity index (χ3v) is 3.46. The van der Waals surface area contributed by atoms with Crippen LogP contribution in [0.4, 0.5) is 35.1 Å². The van der Waals surface area contributed by atoms with Crippen molar-refractivity contribution in [2.45, 2.75) is 6.92 Å². The first-order valence-electron chi connectivity index (χ1n) is 5.96. The van der Waals surface area contributed by atoms with Crippen molar-refractivity contribution in [2.24, 2.45) is 0 Å². The highest BCUT2D eigenvalue weighted by Gasteiger charge is 2.28. The molecule has 0 spiro atoms. The van der Waals surface area contributed by atoms with Crippen LogP contribution in [0.25, 0.3) is 21.8 Å². The minimum absolute atomic E-state index is 0.657. The monoisotopic (exact) mass is 337 g/mol. The van der Waals surface area contributed by atoms with Crippen LogP contribution in [0, 0.1) is 53.5 Å². The topological polar surface area (TPSA) is 12.9 Å². The van der Waals surface area contributed by atoms with Crippen LogP contribution in [-0.2, 0) is 0 Å². The van der Waals surface area contributed by atoms with Gasteiger partial charge in [0.05, 0.1) is 0 Å². The number of benzene rings is 2. The standard InChI is InChI=1S/C14H3F8N/c1-2-3-5(15)7(17)9(19)11(21)13(3)23-14-4(2)6(16)8(18)10(20)12(14)22/h1H3. The second-order valence-corrected chi connectivity index (χ2v) is 4.70. The van der Waals surface area contributed by atoms with Gasteiger partial charge in [0.2, 0.25) is 0 Å². The third-order valence-electron chi connectivity index (χ3n) is 3.46. The van der Waals surface area contributed by atoms with Crippen LogP contribution < -0.4 is 0 Å². The minimum Gasteiger partial charge on any atom is -0.241 e. The van der Waals surface area contributed by atoms with E-state index in [1.807, 2.05) is 0 Å². The lowest BCUT2D eigenvalue weighted by atomic mass is 10.0. The smallest absolute Gasteiger partial charge is 0.199 e. The van der Waals surface area contributed by atoms with Crippen LogP contribution >= 0.6 is 0 Å². The summed E-state index contributed by atoms with van der Waals surface area (Å²) in [4.78, 5) is 3.12. The van der Waals surface area contributed by atoms with E-state index in [0.717, 1.165) is 6.92 Å². The van der Waals surface area contributed by atoms with Gasteiger partial charge in [0.25, 0.3) is 0 Å². The van der Waals surface area contributed by atoms with Crippen LogP contribution in [0.2, 0.25) is 0 Å². The Hall–Kier alpha value is -2.45.